The Bertz CT molecular complexity index is 290. The summed E-state index contributed by atoms with van der Waals surface area (Å²) in [7, 11) is 0. The van der Waals surface area contributed by atoms with Crippen molar-refractivity contribution in [3.8, 4) is 0 Å². The zero-order valence-corrected chi connectivity index (χ0v) is 18.1. The van der Waals surface area contributed by atoms with Crippen LogP contribution in [0.2, 0.25) is 10.6 Å². The van der Waals surface area contributed by atoms with Gasteiger partial charge in [-0.25, -0.2) is 0 Å². The predicted octanol–water partition coefficient (Wildman–Crippen LogP) is 0.417. The molecule has 0 aromatic carbocycles. The molecule has 0 aliphatic heterocycles. The van der Waals surface area contributed by atoms with Gasteiger partial charge in [-0.3, -0.25) is 0 Å². The van der Waals surface area contributed by atoms with E-state index in [2.05, 4.69) is 10.6 Å². The van der Waals surface area contributed by atoms with Gasteiger partial charge in [-0.15, -0.1) is 0 Å². The van der Waals surface area contributed by atoms with Crippen LogP contribution in [0.3, 0.4) is 0 Å². The van der Waals surface area contributed by atoms with Gasteiger partial charge in [0.2, 0.25) is 0 Å². The van der Waals surface area contributed by atoms with Crippen molar-refractivity contribution in [3.05, 3.63) is 0 Å². The third-order valence-electron chi connectivity index (χ3n) is 3.25. The van der Waals surface area contributed by atoms with E-state index >= 15 is 0 Å². The fraction of sp³-hybridized carbons (Fsp3) is 0.875. The van der Waals surface area contributed by atoms with E-state index in [1.807, 2.05) is 0 Å². The molecule has 8 heteroatoms. The fourth-order valence-electron chi connectivity index (χ4n) is 1.87. The standard InChI is InChI=1S/C16H34N4O2Se2/c17-9-1-3-11-19-15(21)7-5-13-23-24-14-6-8-16(22)20-12-4-2-10-18/h1-14,17-18H2,(H,19,21)(H,20,22). The third kappa shape index (κ3) is 18.2. The van der Waals surface area contributed by atoms with E-state index in [1.165, 1.54) is 10.6 Å². The van der Waals surface area contributed by atoms with E-state index in [9.17, 15) is 9.59 Å². The predicted molar refractivity (Wildman–Crippen MR) is 102 cm³/mol. The number of carbonyl (C=O) groups excluding carboxylic acids is 2. The molecule has 0 radical (unpaired) electrons. The minimum absolute atomic E-state index is 0.168. The summed E-state index contributed by atoms with van der Waals surface area (Å²) in [4.78, 5) is 23.1. The van der Waals surface area contributed by atoms with E-state index in [4.69, 9.17) is 11.5 Å². The molecule has 0 heterocycles. The molecule has 0 saturated carbocycles. The van der Waals surface area contributed by atoms with Crippen molar-refractivity contribution in [1.29, 1.82) is 0 Å². The number of hydrogen-bond acceptors (Lipinski definition) is 4. The summed E-state index contributed by atoms with van der Waals surface area (Å²) in [6.07, 6.45) is 7.15. The Labute approximate surface area is 157 Å². The van der Waals surface area contributed by atoms with Crippen molar-refractivity contribution in [2.45, 2.75) is 62.0 Å². The monoisotopic (exact) mass is 474 g/mol. The van der Waals surface area contributed by atoms with E-state index in [0.29, 0.717) is 52.2 Å². The van der Waals surface area contributed by atoms with Crippen LogP contribution in [0, 0.1) is 0 Å². The molecule has 2 amide bonds. The number of nitrogens with two attached hydrogens (primary N) is 2. The van der Waals surface area contributed by atoms with Crippen LogP contribution in [0.1, 0.15) is 51.4 Å². The van der Waals surface area contributed by atoms with E-state index in [-0.39, 0.29) is 11.8 Å². The summed E-state index contributed by atoms with van der Waals surface area (Å²) in [5.41, 5.74) is 10.8. The molecule has 0 rings (SSSR count). The number of carbonyl (C=O) groups is 2. The molecule has 0 aliphatic carbocycles. The molecular weight excluding hydrogens is 438 g/mol. The summed E-state index contributed by atoms with van der Waals surface area (Å²) >= 11 is 1.31. The molecule has 24 heavy (non-hydrogen) atoms. The summed E-state index contributed by atoms with van der Waals surface area (Å²) in [6, 6.07) is 0. The molecule has 0 aliphatic rings. The first-order valence-corrected chi connectivity index (χ1v) is 15.6. The molecule has 0 aromatic rings. The Kier molecular flexibility index (Phi) is 19.1. The third-order valence-corrected chi connectivity index (χ3v) is 11.0. The molecule has 0 saturated heterocycles. The van der Waals surface area contributed by atoms with Gasteiger partial charge in [0.15, 0.2) is 0 Å². The second-order valence-corrected chi connectivity index (χ2v) is 13.4. The van der Waals surface area contributed by atoms with Crippen molar-refractivity contribution in [3.63, 3.8) is 0 Å². The topological polar surface area (TPSA) is 110 Å². The molecule has 0 unspecified atom stereocenters. The second kappa shape index (κ2) is 19.2. The summed E-state index contributed by atoms with van der Waals surface area (Å²) in [5, 5.41) is 8.21. The van der Waals surface area contributed by atoms with Crippen molar-refractivity contribution >= 4 is 38.1 Å². The number of nitrogens with one attached hydrogen (secondary N) is 2. The molecule has 0 bridgehead atoms. The van der Waals surface area contributed by atoms with Crippen LogP contribution in [0.25, 0.3) is 0 Å². The molecule has 0 spiro atoms. The first kappa shape index (κ1) is 23.9. The van der Waals surface area contributed by atoms with Crippen LogP contribution in [-0.4, -0.2) is 64.3 Å². The van der Waals surface area contributed by atoms with Gasteiger partial charge < -0.3 is 0 Å². The Morgan fingerprint density at radius 2 is 1.08 bits per heavy atom. The zero-order valence-electron chi connectivity index (χ0n) is 14.7. The molecule has 142 valence electrons. The average Bonchev–Trinajstić information content (AvgIpc) is 2.58. The van der Waals surface area contributed by atoms with Crippen molar-refractivity contribution in [2.24, 2.45) is 11.5 Å². The normalized spacial score (nSPS) is 10.6. The van der Waals surface area contributed by atoms with Gasteiger partial charge >= 0.3 is 158 Å². The number of unbranched alkanes of at least 4 members (excludes halogenated alkanes) is 2. The van der Waals surface area contributed by atoms with Crippen LogP contribution in [0.15, 0.2) is 0 Å². The zero-order chi connectivity index (χ0) is 17.9. The number of amides is 2. The quantitative estimate of drug-likeness (QED) is 0.182. The summed E-state index contributed by atoms with van der Waals surface area (Å²) in [6.45, 7) is 2.88. The Balaban J connectivity index is 3.24. The van der Waals surface area contributed by atoms with Crippen molar-refractivity contribution in [1.82, 2.24) is 10.6 Å². The average molecular weight is 472 g/mol. The van der Waals surface area contributed by atoms with Crippen molar-refractivity contribution < 1.29 is 9.59 Å². The van der Waals surface area contributed by atoms with Gasteiger partial charge in [-0.05, 0) is 0 Å². The Morgan fingerprint density at radius 3 is 1.46 bits per heavy atom. The van der Waals surface area contributed by atoms with Gasteiger partial charge in [0.05, 0.1) is 0 Å². The minimum atomic E-state index is 0.168. The van der Waals surface area contributed by atoms with Crippen LogP contribution < -0.4 is 22.1 Å². The van der Waals surface area contributed by atoms with Gasteiger partial charge in [0.1, 0.15) is 0 Å². The van der Waals surface area contributed by atoms with E-state index in [0.717, 1.165) is 51.6 Å². The molecule has 0 atom stereocenters. The van der Waals surface area contributed by atoms with Crippen LogP contribution in [0.5, 0.6) is 0 Å². The first-order chi connectivity index (χ1) is 11.7. The van der Waals surface area contributed by atoms with Crippen LogP contribution in [-0.2, 0) is 9.59 Å². The molecule has 0 aromatic heterocycles. The molecule has 6 N–H and O–H groups in total. The Hall–Kier alpha value is -0.101. The van der Waals surface area contributed by atoms with Crippen LogP contribution >= 0.6 is 0 Å². The second-order valence-electron chi connectivity index (χ2n) is 5.54. The summed E-state index contributed by atoms with van der Waals surface area (Å²) < 4.78 is 0. The van der Waals surface area contributed by atoms with Crippen LogP contribution in [0.4, 0.5) is 0 Å². The van der Waals surface area contributed by atoms with Gasteiger partial charge in [-0.1, -0.05) is 0 Å². The summed E-state index contributed by atoms with van der Waals surface area (Å²) in [5.74, 6) is 0.336. The molecule has 6 nitrogen and oxygen atoms in total. The fourth-order valence-corrected chi connectivity index (χ4v) is 8.61. The number of rotatable bonds is 17. The SMILES string of the molecule is NCCCCNC(=O)CCC[Se][Se]CCCC(=O)NCCCCN. The number of hydrogen-bond donors (Lipinski definition) is 4. The van der Waals surface area contributed by atoms with Crippen molar-refractivity contribution in [2.75, 3.05) is 26.2 Å². The molecule has 0 fully saturated rings. The van der Waals surface area contributed by atoms with Gasteiger partial charge in [0.25, 0.3) is 0 Å². The van der Waals surface area contributed by atoms with Gasteiger partial charge in [0, 0.05) is 0 Å². The Morgan fingerprint density at radius 1 is 0.667 bits per heavy atom. The van der Waals surface area contributed by atoms with E-state index < -0.39 is 0 Å². The van der Waals surface area contributed by atoms with E-state index in [1.54, 1.807) is 0 Å². The maximum absolute atomic E-state index is 11.6. The van der Waals surface area contributed by atoms with Gasteiger partial charge in [-0.2, -0.15) is 0 Å². The molecular formula is C16H34N4O2Se2. The maximum atomic E-state index is 11.6. The first-order valence-electron chi connectivity index (χ1n) is 8.88.